The molecule has 1 atom stereocenters. The van der Waals surface area contributed by atoms with E-state index in [1.54, 1.807) is 17.7 Å². The van der Waals surface area contributed by atoms with Gasteiger partial charge in [-0.15, -0.1) is 0 Å². The van der Waals surface area contributed by atoms with Crippen LogP contribution in [0.3, 0.4) is 0 Å². The zero-order valence-corrected chi connectivity index (χ0v) is 23.3. The van der Waals surface area contributed by atoms with E-state index in [2.05, 4.69) is 25.3 Å². The molecule has 0 aromatic carbocycles. The molecule has 0 unspecified atom stereocenters. The lowest BCUT2D eigenvalue weighted by molar-refractivity contribution is 0.397. The van der Waals surface area contributed by atoms with Crippen LogP contribution < -0.4 is 15.6 Å². The van der Waals surface area contributed by atoms with E-state index in [4.69, 9.17) is 14.7 Å². The van der Waals surface area contributed by atoms with E-state index in [1.807, 2.05) is 20.8 Å². The molecule has 0 aliphatic heterocycles. The summed E-state index contributed by atoms with van der Waals surface area (Å²) in [6.45, 7) is 6.01. The predicted octanol–water partition coefficient (Wildman–Crippen LogP) is 3.22. The predicted molar refractivity (Wildman–Crippen MR) is 146 cm³/mol. The number of aromatic nitrogens is 7. The number of nitrogens with zero attached hydrogens (tertiary/aromatic N) is 7. The third-order valence-electron chi connectivity index (χ3n) is 6.80. The first kappa shape index (κ1) is 26.6. The number of sulfone groups is 1. The highest BCUT2D eigenvalue weighted by molar-refractivity contribution is 7.90. The average molecular weight is 551 g/mol. The fourth-order valence-electron chi connectivity index (χ4n) is 4.37. The Balaban J connectivity index is 1.60. The van der Waals surface area contributed by atoms with Crippen LogP contribution in [0.15, 0.2) is 34.5 Å². The number of fused-ring (bicyclic) bond motifs is 1. The fourth-order valence-corrected chi connectivity index (χ4v) is 4.93. The summed E-state index contributed by atoms with van der Waals surface area (Å²) in [5.74, 6) is 1.24. The van der Waals surface area contributed by atoms with E-state index in [1.165, 1.54) is 18.6 Å². The second kappa shape index (κ2) is 10.3. The normalized spacial score (nSPS) is 14.4. The number of nitrogens with one attached hydrogen (secondary N) is 1. The van der Waals surface area contributed by atoms with Gasteiger partial charge in [-0.2, -0.15) is 0 Å². The molecule has 5 rings (SSSR count). The highest BCUT2D eigenvalue weighted by Crippen LogP contribution is 2.45. The second-order valence-electron chi connectivity index (χ2n) is 9.75. The quantitative estimate of drug-likeness (QED) is 0.326. The molecular formula is C26H30N8O4S. The Labute approximate surface area is 225 Å². The van der Waals surface area contributed by atoms with Crippen molar-refractivity contribution >= 4 is 26.8 Å². The van der Waals surface area contributed by atoms with Crippen LogP contribution in [-0.2, 0) is 16.4 Å². The highest BCUT2D eigenvalue weighted by Gasteiger charge is 2.32. The Morgan fingerprint density at radius 1 is 1.15 bits per heavy atom. The van der Waals surface area contributed by atoms with Gasteiger partial charge >= 0.3 is 0 Å². The first-order chi connectivity index (χ1) is 18.6. The van der Waals surface area contributed by atoms with Crippen LogP contribution in [0.25, 0.3) is 22.6 Å². The fraction of sp³-hybridized carbons (Fsp3) is 0.423. The molecule has 0 saturated heterocycles. The zero-order chi connectivity index (χ0) is 27.9. The second-order valence-corrected chi connectivity index (χ2v) is 11.7. The summed E-state index contributed by atoms with van der Waals surface area (Å²) >= 11 is 0. The van der Waals surface area contributed by atoms with Crippen molar-refractivity contribution in [2.45, 2.75) is 63.6 Å². The molecule has 13 heteroatoms. The van der Waals surface area contributed by atoms with Crippen molar-refractivity contribution in [3.05, 3.63) is 52.0 Å². The van der Waals surface area contributed by atoms with Gasteiger partial charge in [-0.1, -0.05) is 13.0 Å². The average Bonchev–Trinajstić information content (AvgIpc) is 3.76. The van der Waals surface area contributed by atoms with E-state index < -0.39 is 9.84 Å². The van der Waals surface area contributed by atoms with Gasteiger partial charge in [0.05, 0.1) is 18.5 Å². The molecule has 0 bridgehead atoms. The SMILES string of the molecule is CC[C@H](C)n1c(=O)c(NCc2ccc(S(C)(=O)=O)nc2)nc2c(C)nc(-c3c(OC)ncnc3C3CC3)nc21. The van der Waals surface area contributed by atoms with Crippen LogP contribution in [-0.4, -0.2) is 56.3 Å². The number of rotatable bonds is 9. The smallest absolute Gasteiger partial charge is 0.295 e. The Hall–Kier alpha value is -4.00. The lowest BCUT2D eigenvalue weighted by Gasteiger charge is -2.19. The molecule has 0 spiro atoms. The van der Waals surface area contributed by atoms with Gasteiger partial charge in [0.15, 0.2) is 32.2 Å². The lowest BCUT2D eigenvalue weighted by Crippen LogP contribution is -2.29. The molecule has 204 valence electrons. The van der Waals surface area contributed by atoms with Crippen LogP contribution in [0.2, 0.25) is 0 Å². The minimum atomic E-state index is -3.40. The van der Waals surface area contributed by atoms with Crippen LogP contribution in [0, 0.1) is 6.92 Å². The molecule has 12 nitrogen and oxygen atoms in total. The third-order valence-corrected chi connectivity index (χ3v) is 7.81. The van der Waals surface area contributed by atoms with Crippen LogP contribution in [0.5, 0.6) is 5.88 Å². The zero-order valence-electron chi connectivity index (χ0n) is 22.5. The maximum atomic E-state index is 13.7. The van der Waals surface area contributed by atoms with Crippen molar-refractivity contribution < 1.29 is 13.2 Å². The number of ether oxygens (including phenoxy) is 1. The van der Waals surface area contributed by atoms with Gasteiger partial charge in [0.1, 0.15) is 17.4 Å². The Morgan fingerprint density at radius 3 is 2.54 bits per heavy atom. The molecule has 1 aliphatic carbocycles. The van der Waals surface area contributed by atoms with Crippen molar-refractivity contribution in [1.82, 2.24) is 34.5 Å². The number of pyridine rings is 1. The number of hydrogen-bond acceptors (Lipinski definition) is 11. The minimum absolute atomic E-state index is 0.0110. The van der Waals surface area contributed by atoms with Gasteiger partial charge < -0.3 is 10.1 Å². The number of hydrogen-bond donors (Lipinski definition) is 1. The molecule has 0 amide bonds. The van der Waals surface area contributed by atoms with Crippen LogP contribution in [0.4, 0.5) is 5.82 Å². The number of aryl methyl sites for hydroxylation is 1. The molecule has 4 aromatic heterocycles. The number of methoxy groups -OCH3 is 1. The molecule has 0 radical (unpaired) electrons. The standard InChI is InChI=1S/C26H30N8O4S/c1-6-14(2)34-24-20(32-23(26(34)35)28-12-16-7-10-18(27-11-16)39(5,36)37)15(3)31-22(33-24)19-21(17-8-9-17)29-13-30-25(19)38-4/h7,10-11,13-14,17H,6,8-9,12H2,1-5H3,(H,28,32)/t14-/m0/s1. The monoisotopic (exact) mass is 550 g/mol. The molecule has 4 aromatic rings. The largest absolute Gasteiger partial charge is 0.480 e. The van der Waals surface area contributed by atoms with Gasteiger partial charge in [0.25, 0.3) is 5.56 Å². The van der Waals surface area contributed by atoms with Crippen molar-refractivity contribution in [3.8, 4) is 17.3 Å². The summed E-state index contributed by atoms with van der Waals surface area (Å²) in [4.78, 5) is 40.7. The van der Waals surface area contributed by atoms with E-state index >= 15 is 0 Å². The minimum Gasteiger partial charge on any atom is -0.480 e. The summed E-state index contributed by atoms with van der Waals surface area (Å²) in [6, 6.07) is 2.92. The van der Waals surface area contributed by atoms with Crippen molar-refractivity contribution in [1.29, 1.82) is 0 Å². The molecular weight excluding hydrogens is 520 g/mol. The maximum absolute atomic E-state index is 13.7. The third kappa shape index (κ3) is 5.18. The maximum Gasteiger partial charge on any atom is 0.295 e. The van der Waals surface area contributed by atoms with Crippen molar-refractivity contribution in [2.75, 3.05) is 18.7 Å². The molecule has 1 fully saturated rings. The molecule has 39 heavy (non-hydrogen) atoms. The lowest BCUT2D eigenvalue weighted by atomic mass is 10.1. The highest BCUT2D eigenvalue weighted by atomic mass is 32.2. The Morgan fingerprint density at radius 2 is 1.92 bits per heavy atom. The molecule has 1 saturated carbocycles. The summed E-state index contributed by atoms with van der Waals surface area (Å²) in [6.07, 6.45) is 6.81. The summed E-state index contributed by atoms with van der Waals surface area (Å²) in [7, 11) is -1.85. The van der Waals surface area contributed by atoms with E-state index in [0.29, 0.717) is 52.0 Å². The first-order valence-electron chi connectivity index (χ1n) is 12.7. The van der Waals surface area contributed by atoms with E-state index in [-0.39, 0.29) is 29.0 Å². The van der Waals surface area contributed by atoms with Gasteiger partial charge in [-0.25, -0.2) is 38.3 Å². The van der Waals surface area contributed by atoms with Crippen LogP contribution in [0.1, 0.15) is 62.0 Å². The van der Waals surface area contributed by atoms with Gasteiger partial charge in [0.2, 0.25) is 5.88 Å². The topological polar surface area (TPSA) is 155 Å². The van der Waals surface area contributed by atoms with Crippen molar-refractivity contribution in [3.63, 3.8) is 0 Å². The Bertz CT molecular complexity index is 1720. The van der Waals surface area contributed by atoms with Gasteiger partial charge in [-0.05, 0) is 44.7 Å². The molecule has 1 aliphatic rings. The Kier molecular flexibility index (Phi) is 7.02. The summed E-state index contributed by atoms with van der Waals surface area (Å²) in [5.41, 5.74) is 3.39. The van der Waals surface area contributed by atoms with Crippen LogP contribution >= 0.6 is 0 Å². The molecule has 4 heterocycles. The van der Waals surface area contributed by atoms with Gasteiger partial charge in [0, 0.05) is 31.0 Å². The van der Waals surface area contributed by atoms with E-state index in [9.17, 15) is 13.2 Å². The summed E-state index contributed by atoms with van der Waals surface area (Å²) < 4.78 is 30.6. The molecule has 1 N–H and O–H groups in total. The van der Waals surface area contributed by atoms with Gasteiger partial charge in [-0.3, -0.25) is 9.36 Å². The first-order valence-corrected chi connectivity index (χ1v) is 14.6. The summed E-state index contributed by atoms with van der Waals surface area (Å²) in [5, 5.41) is 3.08. The number of anilines is 1. The van der Waals surface area contributed by atoms with E-state index in [0.717, 1.165) is 24.8 Å². The van der Waals surface area contributed by atoms with Crippen molar-refractivity contribution in [2.24, 2.45) is 0 Å².